The van der Waals surface area contributed by atoms with Crippen molar-refractivity contribution in [1.29, 1.82) is 5.26 Å². The van der Waals surface area contributed by atoms with Gasteiger partial charge in [-0.15, -0.1) is 0 Å². The Morgan fingerprint density at radius 3 is 2.79 bits per heavy atom. The van der Waals surface area contributed by atoms with Gasteiger partial charge in [0.15, 0.2) is 0 Å². The fraction of sp³-hybridized carbons (Fsp3) is 0.250. The van der Waals surface area contributed by atoms with E-state index in [0.717, 1.165) is 0 Å². The van der Waals surface area contributed by atoms with E-state index in [1.165, 1.54) is 6.20 Å². The fourth-order valence-corrected chi connectivity index (χ4v) is 1.62. The van der Waals surface area contributed by atoms with Crippen molar-refractivity contribution in [1.82, 2.24) is 4.98 Å². The van der Waals surface area contributed by atoms with E-state index in [1.54, 1.807) is 0 Å². The summed E-state index contributed by atoms with van der Waals surface area (Å²) >= 11 is 8.67. The number of pyridine rings is 1. The number of hydrogen-bond acceptors (Lipinski definition) is 2. The maximum absolute atomic E-state index is 12.3. The summed E-state index contributed by atoms with van der Waals surface area (Å²) in [6.45, 7) is 0. The number of hydrogen-bond donors (Lipinski definition) is 0. The smallest absolute Gasteiger partial charge is 0.254 e. The minimum Gasteiger partial charge on any atom is -0.254 e. The molecule has 14 heavy (non-hydrogen) atoms. The van der Waals surface area contributed by atoms with Gasteiger partial charge in [0, 0.05) is 11.8 Å². The normalized spacial score (nSPS) is 10.3. The first kappa shape index (κ1) is 11.3. The highest BCUT2D eigenvalue weighted by molar-refractivity contribution is 9.10. The first-order chi connectivity index (χ1) is 6.57. The van der Waals surface area contributed by atoms with E-state index in [1.807, 2.05) is 6.07 Å². The Bertz CT molecular complexity index is 390. The summed E-state index contributed by atoms with van der Waals surface area (Å²) in [4.78, 5) is 3.52. The molecule has 0 aliphatic carbocycles. The van der Waals surface area contributed by atoms with Crippen molar-refractivity contribution in [2.75, 3.05) is 0 Å². The molecule has 2 nitrogen and oxygen atoms in total. The van der Waals surface area contributed by atoms with Crippen LogP contribution in [0.1, 0.15) is 17.7 Å². The topological polar surface area (TPSA) is 36.7 Å². The molecule has 0 fully saturated rings. The molecule has 0 unspecified atom stereocenters. The van der Waals surface area contributed by atoms with Crippen LogP contribution < -0.4 is 0 Å². The Labute approximate surface area is 92.6 Å². The van der Waals surface area contributed by atoms with E-state index in [0.29, 0.717) is 5.56 Å². The Hall–Kier alpha value is -0.730. The van der Waals surface area contributed by atoms with Crippen molar-refractivity contribution in [3.8, 4) is 6.07 Å². The summed E-state index contributed by atoms with van der Waals surface area (Å²) in [5.74, 6) is 0. The number of rotatable bonds is 2. The van der Waals surface area contributed by atoms with Crippen LogP contribution in [-0.2, 0) is 6.42 Å². The molecule has 0 radical (unpaired) electrons. The maximum Gasteiger partial charge on any atom is 0.281 e. The highest BCUT2D eigenvalue weighted by Crippen LogP contribution is 2.33. The van der Waals surface area contributed by atoms with Crippen molar-refractivity contribution in [2.24, 2.45) is 0 Å². The van der Waals surface area contributed by atoms with Crippen molar-refractivity contribution in [3.05, 3.63) is 26.9 Å². The molecule has 0 aliphatic heterocycles. The lowest BCUT2D eigenvalue weighted by Crippen LogP contribution is -1.96. The molecular formula is C8H4BrClF2N2. The molecule has 0 amide bonds. The molecule has 1 aromatic rings. The van der Waals surface area contributed by atoms with Gasteiger partial charge < -0.3 is 0 Å². The van der Waals surface area contributed by atoms with Crippen LogP contribution in [0.25, 0.3) is 0 Å². The molecule has 0 saturated heterocycles. The fourth-order valence-electron chi connectivity index (χ4n) is 0.875. The molecule has 74 valence electrons. The predicted octanol–water partition coefficient (Wildman–Crippen LogP) is 3.50. The van der Waals surface area contributed by atoms with Gasteiger partial charge in [0.2, 0.25) is 0 Å². The molecule has 0 aliphatic rings. The largest absolute Gasteiger partial charge is 0.281 e. The molecule has 0 N–H and O–H groups in total. The van der Waals surface area contributed by atoms with E-state index < -0.39 is 12.1 Å². The first-order valence-corrected chi connectivity index (χ1v) is 4.73. The Balaban J connectivity index is 3.20. The summed E-state index contributed by atoms with van der Waals surface area (Å²) in [7, 11) is 0. The lowest BCUT2D eigenvalue weighted by atomic mass is 10.2. The molecule has 0 atom stereocenters. The standard InChI is InChI=1S/C8H4BrClF2N2/c9-5-6(10)4(1-2-13)3-14-7(5)8(11)12/h3,8H,1H2. The van der Waals surface area contributed by atoms with E-state index in [4.69, 9.17) is 16.9 Å². The second-order valence-electron chi connectivity index (χ2n) is 2.43. The number of aromatic nitrogens is 1. The van der Waals surface area contributed by atoms with E-state index in [2.05, 4.69) is 20.9 Å². The molecule has 1 heterocycles. The molecule has 0 bridgehead atoms. The summed E-state index contributed by atoms with van der Waals surface area (Å²) in [5, 5.41) is 8.54. The van der Waals surface area contributed by atoms with Crippen LogP contribution in [0.3, 0.4) is 0 Å². The van der Waals surface area contributed by atoms with Crippen LogP contribution in [-0.4, -0.2) is 4.98 Å². The highest BCUT2D eigenvalue weighted by Gasteiger charge is 2.17. The van der Waals surface area contributed by atoms with Crippen molar-refractivity contribution in [2.45, 2.75) is 12.8 Å². The monoisotopic (exact) mass is 280 g/mol. The average Bonchev–Trinajstić information content (AvgIpc) is 2.13. The molecule has 0 spiro atoms. The molecular weight excluding hydrogens is 277 g/mol. The van der Waals surface area contributed by atoms with E-state index >= 15 is 0 Å². The van der Waals surface area contributed by atoms with Crippen LogP contribution in [0.5, 0.6) is 0 Å². The van der Waals surface area contributed by atoms with Gasteiger partial charge in [-0.2, -0.15) is 5.26 Å². The summed E-state index contributed by atoms with van der Waals surface area (Å²) in [6.07, 6.45) is -1.44. The average molecular weight is 281 g/mol. The zero-order valence-corrected chi connectivity index (χ0v) is 9.11. The lowest BCUT2D eigenvalue weighted by molar-refractivity contribution is 0.145. The second-order valence-corrected chi connectivity index (χ2v) is 3.60. The van der Waals surface area contributed by atoms with Gasteiger partial charge in [-0.1, -0.05) is 11.6 Å². The van der Waals surface area contributed by atoms with E-state index in [9.17, 15) is 8.78 Å². The minimum absolute atomic E-state index is 0.0496. The number of nitriles is 1. The third kappa shape index (κ3) is 2.20. The van der Waals surface area contributed by atoms with Gasteiger partial charge in [0.25, 0.3) is 6.43 Å². The van der Waals surface area contributed by atoms with Crippen molar-refractivity contribution in [3.63, 3.8) is 0 Å². The van der Waals surface area contributed by atoms with Gasteiger partial charge in [-0.3, -0.25) is 4.98 Å². The number of alkyl halides is 2. The molecule has 1 aromatic heterocycles. The Morgan fingerprint density at radius 2 is 2.29 bits per heavy atom. The van der Waals surface area contributed by atoms with E-state index in [-0.39, 0.29) is 15.9 Å². The summed E-state index contributed by atoms with van der Waals surface area (Å²) in [5.41, 5.74) is 0.0298. The molecule has 6 heteroatoms. The van der Waals surface area contributed by atoms with Gasteiger partial charge in [-0.05, 0) is 15.9 Å². The van der Waals surface area contributed by atoms with Gasteiger partial charge >= 0.3 is 0 Å². The number of halogens is 4. The second kappa shape index (κ2) is 4.67. The highest BCUT2D eigenvalue weighted by atomic mass is 79.9. The molecule has 1 rings (SSSR count). The van der Waals surface area contributed by atoms with Crippen LogP contribution in [0.15, 0.2) is 10.7 Å². The quantitative estimate of drug-likeness (QED) is 0.832. The number of nitrogens with zero attached hydrogens (tertiary/aromatic N) is 2. The van der Waals surface area contributed by atoms with Crippen LogP contribution in [0.2, 0.25) is 5.02 Å². The first-order valence-electron chi connectivity index (χ1n) is 3.55. The Morgan fingerprint density at radius 1 is 1.64 bits per heavy atom. The van der Waals surface area contributed by atoms with Crippen LogP contribution in [0.4, 0.5) is 8.78 Å². The predicted molar refractivity (Wildman–Crippen MR) is 51.2 cm³/mol. The molecule has 0 saturated carbocycles. The van der Waals surface area contributed by atoms with Crippen molar-refractivity contribution < 1.29 is 8.78 Å². The van der Waals surface area contributed by atoms with Crippen LogP contribution in [0, 0.1) is 11.3 Å². The maximum atomic E-state index is 12.3. The van der Waals surface area contributed by atoms with Crippen LogP contribution >= 0.6 is 27.5 Å². The van der Waals surface area contributed by atoms with Gasteiger partial charge in [0.05, 0.1) is 22.0 Å². The lowest BCUT2D eigenvalue weighted by Gasteiger charge is -2.06. The van der Waals surface area contributed by atoms with Gasteiger partial charge in [0.1, 0.15) is 5.69 Å². The SMILES string of the molecule is N#CCc1cnc(C(F)F)c(Br)c1Cl. The zero-order valence-electron chi connectivity index (χ0n) is 6.77. The minimum atomic E-state index is -2.68. The summed E-state index contributed by atoms with van der Waals surface area (Å²) in [6, 6.07) is 1.87. The third-order valence-electron chi connectivity index (χ3n) is 1.54. The summed E-state index contributed by atoms with van der Waals surface area (Å²) < 4.78 is 24.7. The molecule has 0 aromatic carbocycles. The van der Waals surface area contributed by atoms with Gasteiger partial charge in [-0.25, -0.2) is 8.78 Å². The van der Waals surface area contributed by atoms with Crippen molar-refractivity contribution >= 4 is 27.5 Å². The Kier molecular flexibility index (Phi) is 3.78. The zero-order chi connectivity index (χ0) is 10.7. The third-order valence-corrected chi connectivity index (χ3v) is 3.00.